The summed E-state index contributed by atoms with van der Waals surface area (Å²) in [5.74, 6) is -1.17. The smallest absolute Gasteiger partial charge is 0.312 e. The van der Waals surface area contributed by atoms with E-state index in [2.05, 4.69) is 28.0 Å². The topological polar surface area (TPSA) is 62.2 Å². The van der Waals surface area contributed by atoms with Crippen LogP contribution in [0.1, 0.15) is 34.0 Å². The number of aryl methyl sites for hydroxylation is 2. The quantitative estimate of drug-likeness (QED) is 0.908. The average molecular weight is 294 g/mol. The summed E-state index contributed by atoms with van der Waals surface area (Å²) in [5.41, 5.74) is 3.32. The van der Waals surface area contributed by atoms with Crippen molar-refractivity contribution in [1.82, 2.24) is 4.98 Å². The molecule has 0 radical (unpaired) electrons. The van der Waals surface area contributed by atoms with Crippen molar-refractivity contribution in [1.29, 1.82) is 0 Å². The van der Waals surface area contributed by atoms with Gasteiger partial charge in [0.2, 0.25) is 0 Å². The molecular weight excluding hydrogens is 280 g/mol. The molecule has 0 fully saturated rings. The van der Waals surface area contributed by atoms with Crippen LogP contribution in [-0.2, 0) is 17.8 Å². The van der Waals surface area contributed by atoms with E-state index in [1.54, 1.807) is 22.7 Å². The zero-order chi connectivity index (χ0) is 13.4. The summed E-state index contributed by atoms with van der Waals surface area (Å²) < 4.78 is 0. The van der Waals surface area contributed by atoms with Crippen molar-refractivity contribution < 1.29 is 9.90 Å². The number of anilines is 1. The fourth-order valence-electron chi connectivity index (χ4n) is 2.28. The van der Waals surface area contributed by atoms with Crippen LogP contribution in [0.2, 0.25) is 0 Å². The Balaban J connectivity index is 1.72. The van der Waals surface area contributed by atoms with E-state index >= 15 is 0 Å². The molecule has 1 aliphatic carbocycles. The van der Waals surface area contributed by atoms with Crippen LogP contribution in [0.5, 0.6) is 0 Å². The Bertz CT molecular complexity index is 618. The van der Waals surface area contributed by atoms with Gasteiger partial charge in [0.15, 0.2) is 5.13 Å². The van der Waals surface area contributed by atoms with Gasteiger partial charge < -0.3 is 10.4 Å². The lowest BCUT2D eigenvalue weighted by Crippen LogP contribution is -2.09. The Labute approximate surface area is 119 Å². The summed E-state index contributed by atoms with van der Waals surface area (Å²) >= 11 is 3.28. The van der Waals surface area contributed by atoms with Gasteiger partial charge in [-0.15, -0.1) is 11.3 Å². The monoisotopic (exact) mass is 294 g/mol. The third kappa shape index (κ3) is 2.37. The van der Waals surface area contributed by atoms with Gasteiger partial charge in [0.1, 0.15) is 5.92 Å². The van der Waals surface area contributed by atoms with Crippen LogP contribution in [-0.4, -0.2) is 16.1 Å². The molecule has 0 aromatic carbocycles. The van der Waals surface area contributed by atoms with E-state index in [4.69, 9.17) is 5.11 Å². The molecule has 4 nitrogen and oxygen atoms in total. The van der Waals surface area contributed by atoms with E-state index < -0.39 is 11.9 Å². The van der Waals surface area contributed by atoms with Crippen molar-refractivity contribution in [2.75, 3.05) is 5.32 Å². The van der Waals surface area contributed by atoms with Crippen molar-refractivity contribution in [2.24, 2.45) is 0 Å². The van der Waals surface area contributed by atoms with Crippen LogP contribution in [0.4, 0.5) is 5.13 Å². The lowest BCUT2D eigenvalue weighted by atomic mass is 10.1. The van der Waals surface area contributed by atoms with Crippen molar-refractivity contribution in [3.63, 3.8) is 0 Å². The molecule has 2 N–H and O–H groups in total. The van der Waals surface area contributed by atoms with E-state index in [9.17, 15) is 4.79 Å². The van der Waals surface area contributed by atoms with Crippen molar-refractivity contribution in [2.45, 2.75) is 32.2 Å². The molecule has 0 bridgehead atoms. The molecule has 1 atom stereocenters. The third-order valence-electron chi connectivity index (χ3n) is 3.41. The first-order valence-corrected chi connectivity index (χ1v) is 7.89. The average Bonchev–Trinajstić information content (AvgIpc) is 3.00. The number of fused-ring (bicyclic) bond motifs is 1. The predicted octanol–water partition coefficient (Wildman–Crippen LogP) is 3.24. The molecule has 3 rings (SSSR count). The number of carbonyl (C=O) groups is 1. The van der Waals surface area contributed by atoms with Gasteiger partial charge in [-0.1, -0.05) is 0 Å². The summed E-state index contributed by atoms with van der Waals surface area (Å²) in [6.07, 6.45) is 1.52. The van der Waals surface area contributed by atoms with Gasteiger partial charge in [-0.2, -0.15) is 11.3 Å². The Morgan fingerprint density at radius 2 is 2.42 bits per heavy atom. The summed E-state index contributed by atoms with van der Waals surface area (Å²) in [7, 11) is 0. The summed E-state index contributed by atoms with van der Waals surface area (Å²) in [5, 5.41) is 17.5. The molecule has 0 spiro atoms. The Morgan fingerprint density at radius 3 is 3.11 bits per heavy atom. The maximum absolute atomic E-state index is 11.1. The van der Waals surface area contributed by atoms with E-state index in [-0.39, 0.29) is 0 Å². The highest BCUT2D eigenvalue weighted by atomic mass is 32.1. The van der Waals surface area contributed by atoms with Crippen LogP contribution in [0.15, 0.2) is 10.8 Å². The van der Waals surface area contributed by atoms with Crippen molar-refractivity contribution in [3.8, 4) is 0 Å². The van der Waals surface area contributed by atoms with E-state index in [1.165, 1.54) is 11.1 Å². The summed E-state index contributed by atoms with van der Waals surface area (Å²) in [6.45, 7) is 2.84. The second-order valence-corrected chi connectivity index (χ2v) is 6.52. The zero-order valence-electron chi connectivity index (χ0n) is 10.5. The molecule has 19 heavy (non-hydrogen) atoms. The van der Waals surface area contributed by atoms with Crippen LogP contribution < -0.4 is 5.32 Å². The molecule has 2 aromatic rings. The minimum atomic E-state index is -0.760. The molecule has 100 valence electrons. The highest BCUT2D eigenvalue weighted by Crippen LogP contribution is 2.38. The maximum atomic E-state index is 11.1. The van der Waals surface area contributed by atoms with E-state index in [0.29, 0.717) is 6.42 Å². The molecule has 2 aromatic heterocycles. The molecular formula is C13H14N2O2S2. The first-order chi connectivity index (χ1) is 9.15. The Hall–Kier alpha value is -1.40. The number of thiophene rings is 1. The van der Waals surface area contributed by atoms with Crippen molar-refractivity contribution in [3.05, 3.63) is 32.5 Å². The van der Waals surface area contributed by atoms with E-state index in [1.807, 2.05) is 0 Å². The molecule has 1 unspecified atom stereocenters. The molecule has 2 heterocycles. The predicted molar refractivity (Wildman–Crippen MR) is 77.2 cm³/mol. The van der Waals surface area contributed by atoms with Gasteiger partial charge in [0.25, 0.3) is 0 Å². The second kappa shape index (κ2) is 4.94. The van der Waals surface area contributed by atoms with Crippen LogP contribution in [0.3, 0.4) is 0 Å². The fourth-order valence-corrected chi connectivity index (χ4v) is 4.17. The van der Waals surface area contributed by atoms with Crippen LogP contribution >= 0.6 is 22.7 Å². The van der Waals surface area contributed by atoms with Gasteiger partial charge in [-0.05, 0) is 41.7 Å². The second-order valence-electron chi connectivity index (χ2n) is 4.69. The molecule has 0 aliphatic heterocycles. The van der Waals surface area contributed by atoms with Crippen LogP contribution in [0, 0.1) is 6.92 Å². The largest absolute Gasteiger partial charge is 0.481 e. The number of aliphatic carboxylic acids is 1. The fraction of sp³-hybridized carbons (Fsp3) is 0.385. The number of hydrogen-bond acceptors (Lipinski definition) is 5. The SMILES string of the molecule is Cc1cscc1CNc1nc2c(s1)CCC2C(=O)O. The van der Waals surface area contributed by atoms with Gasteiger partial charge in [-0.3, -0.25) is 4.79 Å². The Morgan fingerprint density at radius 1 is 1.58 bits per heavy atom. The van der Waals surface area contributed by atoms with Gasteiger partial charge in [0, 0.05) is 11.4 Å². The lowest BCUT2D eigenvalue weighted by Gasteiger charge is -2.03. The standard InChI is InChI=1S/C13H14N2O2S2/c1-7-5-18-6-8(7)4-14-13-15-11-9(12(16)17)2-3-10(11)19-13/h5-6,9H,2-4H2,1H3,(H,14,15)(H,16,17). The zero-order valence-corrected chi connectivity index (χ0v) is 12.1. The number of hydrogen-bond donors (Lipinski definition) is 2. The molecule has 6 heteroatoms. The minimum Gasteiger partial charge on any atom is -0.481 e. The minimum absolute atomic E-state index is 0.412. The number of rotatable bonds is 4. The number of thiazole rings is 1. The molecule has 0 saturated heterocycles. The maximum Gasteiger partial charge on any atom is 0.312 e. The molecule has 0 amide bonds. The van der Waals surface area contributed by atoms with E-state index in [0.717, 1.165) is 28.7 Å². The summed E-state index contributed by atoms with van der Waals surface area (Å²) in [6, 6.07) is 0. The van der Waals surface area contributed by atoms with Gasteiger partial charge >= 0.3 is 5.97 Å². The highest BCUT2D eigenvalue weighted by Gasteiger charge is 2.32. The first kappa shape index (κ1) is 12.6. The molecule has 0 saturated carbocycles. The normalized spacial score (nSPS) is 17.4. The number of carboxylic acids is 1. The van der Waals surface area contributed by atoms with Crippen molar-refractivity contribution >= 4 is 33.8 Å². The number of carboxylic acid groups (broad SMARTS) is 1. The summed E-state index contributed by atoms with van der Waals surface area (Å²) in [4.78, 5) is 16.7. The first-order valence-electron chi connectivity index (χ1n) is 6.13. The number of aromatic nitrogens is 1. The number of nitrogens with zero attached hydrogens (tertiary/aromatic N) is 1. The van der Waals surface area contributed by atoms with Crippen LogP contribution in [0.25, 0.3) is 0 Å². The van der Waals surface area contributed by atoms with Gasteiger partial charge in [-0.25, -0.2) is 4.98 Å². The van der Waals surface area contributed by atoms with Gasteiger partial charge in [0.05, 0.1) is 5.69 Å². The third-order valence-corrected chi connectivity index (χ3v) is 5.41. The Kier molecular flexibility index (Phi) is 3.28. The molecule has 1 aliphatic rings. The highest BCUT2D eigenvalue weighted by molar-refractivity contribution is 7.15. The lowest BCUT2D eigenvalue weighted by molar-refractivity contribution is -0.138. The number of nitrogens with one attached hydrogen (secondary N) is 1.